The molecule has 0 aromatic heterocycles. The number of nitrogens with one attached hydrogen (secondary N) is 2. The van der Waals surface area contributed by atoms with Crippen molar-refractivity contribution in [2.75, 3.05) is 27.3 Å². The van der Waals surface area contributed by atoms with Crippen LogP contribution in [0.1, 0.15) is 44.6 Å². The van der Waals surface area contributed by atoms with E-state index >= 15 is 0 Å². The van der Waals surface area contributed by atoms with Crippen molar-refractivity contribution in [1.29, 1.82) is 0 Å². The Hall–Kier alpha value is -2.12. The van der Waals surface area contributed by atoms with Crippen molar-refractivity contribution in [3.05, 3.63) is 23.8 Å². The molecule has 2 N–H and O–H groups in total. The van der Waals surface area contributed by atoms with E-state index in [4.69, 9.17) is 9.47 Å². The SMILES string of the molecule is CCOc1cc(CCCNC(=NC)NC2CCCC(C(F)(F)F)C2)ccc1OC. The van der Waals surface area contributed by atoms with Crippen LogP contribution in [0.3, 0.4) is 0 Å². The van der Waals surface area contributed by atoms with Gasteiger partial charge in [0.15, 0.2) is 17.5 Å². The lowest BCUT2D eigenvalue weighted by Crippen LogP contribution is -2.47. The number of hydrogen-bond acceptors (Lipinski definition) is 3. The van der Waals surface area contributed by atoms with Crippen molar-refractivity contribution in [3.63, 3.8) is 0 Å². The second kappa shape index (κ2) is 11.2. The summed E-state index contributed by atoms with van der Waals surface area (Å²) in [5.74, 6) is 0.779. The number of aryl methyl sites for hydroxylation is 1. The molecule has 0 radical (unpaired) electrons. The smallest absolute Gasteiger partial charge is 0.391 e. The highest BCUT2D eigenvalue weighted by Gasteiger charge is 2.42. The van der Waals surface area contributed by atoms with E-state index in [1.165, 1.54) is 0 Å². The molecule has 29 heavy (non-hydrogen) atoms. The summed E-state index contributed by atoms with van der Waals surface area (Å²) in [5.41, 5.74) is 1.14. The van der Waals surface area contributed by atoms with E-state index in [2.05, 4.69) is 15.6 Å². The maximum atomic E-state index is 13.0. The van der Waals surface area contributed by atoms with Gasteiger partial charge in [-0.2, -0.15) is 13.2 Å². The molecule has 0 bridgehead atoms. The zero-order valence-corrected chi connectivity index (χ0v) is 17.4. The Bertz CT molecular complexity index is 665. The summed E-state index contributed by atoms with van der Waals surface area (Å²) in [6.07, 6.45) is -0.772. The molecule has 1 aromatic rings. The van der Waals surface area contributed by atoms with Crippen molar-refractivity contribution in [2.45, 2.75) is 57.7 Å². The Morgan fingerprint density at radius 3 is 2.69 bits per heavy atom. The van der Waals surface area contributed by atoms with Crippen LogP contribution in [0.4, 0.5) is 13.2 Å². The minimum absolute atomic E-state index is 0.107. The molecule has 1 aliphatic carbocycles. The zero-order valence-electron chi connectivity index (χ0n) is 17.4. The number of nitrogens with zero attached hydrogens (tertiary/aromatic N) is 1. The first-order valence-electron chi connectivity index (χ1n) is 10.2. The highest BCUT2D eigenvalue weighted by molar-refractivity contribution is 5.79. The third-order valence-electron chi connectivity index (χ3n) is 5.16. The second-order valence-corrected chi connectivity index (χ2v) is 7.27. The number of hydrogen-bond donors (Lipinski definition) is 2. The van der Waals surface area contributed by atoms with Crippen LogP contribution in [-0.4, -0.2) is 45.5 Å². The van der Waals surface area contributed by atoms with Gasteiger partial charge in [0.2, 0.25) is 0 Å². The standard InChI is InChI=1S/C21H32F3N3O2/c1-4-29-19-13-15(10-11-18(19)28-3)7-6-12-26-20(25-2)27-17-9-5-8-16(14-17)21(22,23)24/h10-11,13,16-17H,4-9,12,14H2,1-3H3,(H2,25,26,27). The van der Waals surface area contributed by atoms with Crippen LogP contribution < -0.4 is 20.1 Å². The molecule has 1 aromatic carbocycles. The lowest BCUT2D eigenvalue weighted by atomic mass is 9.85. The molecular formula is C21H32F3N3O2. The van der Waals surface area contributed by atoms with E-state index in [1.807, 2.05) is 25.1 Å². The molecule has 0 amide bonds. The van der Waals surface area contributed by atoms with E-state index in [1.54, 1.807) is 14.2 Å². The molecule has 2 unspecified atom stereocenters. The van der Waals surface area contributed by atoms with Gasteiger partial charge in [-0.3, -0.25) is 4.99 Å². The third kappa shape index (κ3) is 7.33. The van der Waals surface area contributed by atoms with Gasteiger partial charge in [-0.25, -0.2) is 0 Å². The molecule has 2 rings (SSSR count). The Kier molecular flexibility index (Phi) is 8.92. The minimum Gasteiger partial charge on any atom is -0.493 e. The van der Waals surface area contributed by atoms with Crippen molar-refractivity contribution < 1.29 is 22.6 Å². The number of rotatable bonds is 8. The molecule has 0 heterocycles. The summed E-state index contributed by atoms with van der Waals surface area (Å²) in [6.45, 7) is 3.17. The number of halogens is 3. The van der Waals surface area contributed by atoms with E-state index in [9.17, 15) is 13.2 Å². The molecule has 8 heteroatoms. The molecule has 0 saturated heterocycles. The first kappa shape index (κ1) is 23.2. The Balaban J connectivity index is 1.78. The normalized spacial score (nSPS) is 20.3. The fourth-order valence-corrected chi connectivity index (χ4v) is 3.65. The van der Waals surface area contributed by atoms with E-state index in [-0.39, 0.29) is 18.9 Å². The summed E-state index contributed by atoms with van der Waals surface area (Å²) < 4.78 is 49.8. The highest BCUT2D eigenvalue weighted by Crippen LogP contribution is 2.37. The van der Waals surface area contributed by atoms with Crippen LogP contribution in [0.25, 0.3) is 0 Å². The quantitative estimate of drug-likeness (QED) is 0.377. The highest BCUT2D eigenvalue weighted by atomic mass is 19.4. The first-order chi connectivity index (χ1) is 13.9. The number of alkyl halides is 3. The Morgan fingerprint density at radius 2 is 2.03 bits per heavy atom. The molecule has 1 saturated carbocycles. The van der Waals surface area contributed by atoms with Crippen LogP contribution in [0.5, 0.6) is 11.5 Å². The average Bonchev–Trinajstić information content (AvgIpc) is 2.70. The van der Waals surface area contributed by atoms with Crippen LogP contribution >= 0.6 is 0 Å². The number of ether oxygens (including phenoxy) is 2. The molecule has 5 nitrogen and oxygen atoms in total. The van der Waals surface area contributed by atoms with E-state index in [0.717, 1.165) is 30.6 Å². The topological polar surface area (TPSA) is 54.9 Å². The monoisotopic (exact) mass is 415 g/mol. The van der Waals surface area contributed by atoms with Gasteiger partial charge in [-0.1, -0.05) is 12.5 Å². The number of aliphatic imine (C=N–C) groups is 1. The van der Waals surface area contributed by atoms with Crippen LogP contribution in [0.2, 0.25) is 0 Å². The maximum absolute atomic E-state index is 13.0. The van der Waals surface area contributed by atoms with Gasteiger partial charge in [0.05, 0.1) is 19.6 Å². The van der Waals surface area contributed by atoms with Crippen LogP contribution in [0, 0.1) is 5.92 Å². The van der Waals surface area contributed by atoms with Gasteiger partial charge < -0.3 is 20.1 Å². The molecule has 1 fully saturated rings. The summed E-state index contributed by atoms with van der Waals surface area (Å²) in [4.78, 5) is 4.15. The Morgan fingerprint density at radius 1 is 1.24 bits per heavy atom. The first-order valence-corrected chi connectivity index (χ1v) is 10.2. The van der Waals surface area contributed by atoms with Crippen molar-refractivity contribution in [1.82, 2.24) is 10.6 Å². The minimum atomic E-state index is -4.12. The molecule has 1 aliphatic rings. The molecular weight excluding hydrogens is 383 g/mol. The zero-order chi connectivity index (χ0) is 21.3. The maximum Gasteiger partial charge on any atom is 0.391 e. The fraction of sp³-hybridized carbons (Fsp3) is 0.667. The third-order valence-corrected chi connectivity index (χ3v) is 5.16. The van der Waals surface area contributed by atoms with Gasteiger partial charge in [0.1, 0.15) is 0 Å². The average molecular weight is 416 g/mol. The van der Waals surface area contributed by atoms with Gasteiger partial charge in [-0.05, 0) is 56.7 Å². The van der Waals surface area contributed by atoms with Crippen LogP contribution in [0.15, 0.2) is 23.2 Å². The molecule has 0 aliphatic heterocycles. The van der Waals surface area contributed by atoms with E-state index < -0.39 is 12.1 Å². The summed E-state index contributed by atoms with van der Waals surface area (Å²) in [5, 5.41) is 6.35. The van der Waals surface area contributed by atoms with Gasteiger partial charge in [0, 0.05) is 19.6 Å². The van der Waals surface area contributed by atoms with Crippen molar-refractivity contribution >= 4 is 5.96 Å². The van der Waals surface area contributed by atoms with E-state index in [0.29, 0.717) is 31.3 Å². The van der Waals surface area contributed by atoms with Gasteiger partial charge >= 0.3 is 6.18 Å². The number of methoxy groups -OCH3 is 1. The predicted molar refractivity (Wildman–Crippen MR) is 109 cm³/mol. The lowest BCUT2D eigenvalue weighted by Gasteiger charge is -2.31. The summed E-state index contributed by atoms with van der Waals surface area (Å²) in [7, 11) is 3.25. The van der Waals surface area contributed by atoms with Gasteiger partial charge in [-0.15, -0.1) is 0 Å². The van der Waals surface area contributed by atoms with Crippen molar-refractivity contribution in [2.24, 2.45) is 10.9 Å². The largest absolute Gasteiger partial charge is 0.493 e. The Labute approximate surface area is 171 Å². The van der Waals surface area contributed by atoms with Crippen LogP contribution in [-0.2, 0) is 6.42 Å². The predicted octanol–water partition coefficient (Wildman–Crippen LogP) is 4.31. The van der Waals surface area contributed by atoms with Crippen molar-refractivity contribution in [3.8, 4) is 11.5 Å². The number of benzene rings is 1. The molecule has 164 valence electrons. The van der Waals surface area contributed by atoms with Gasteiger partial charge in [0.25, 0.3) is 0 Å². The summed E-state index contributed by atoms with van der Waals surface area (Å²) >= 11 is 0. The molecule has 0 spiro atoms. The molecule has 2 atom stereocenters. The number of guanidine groups is 1. The second-order valence-electron chi connectivity index (χ2n) is 7.27. The summed E-state index contributed by atoms with van der Waals surface area (Å²) in [6, 6.07) is 5.69. The fourth-order valence-electron chi connectivity index (χ4n) is 3.65. The lowest BCUT2D eigenvalue weighted by molar-refractivity contribution is -0.183.